The summed E-state index contributed by atoms with van der Waals surface area (Å²) in [7, 11) is -4.67. The van der Waals surface area contributed by atoms with Crippen molar-refractivity contribution in [2.75, 3.05) is 0 Å². The highest BCUT2D eigenvalue weighted by molar-refractivity contribution is 7.89. The Hall–Kier alpha value is -6.11. The van der Waals surface area contributed by atoms with Gasteiger partial charge in [-0.1, -0.05) is 42.5 Å². The largest absolute Gasteiger partial charge is 0.480 e. The zero-order valence-corrected chi connectivity index (χ0v) is 26.1. The van der Waals surface area contributed by atoms with Crippen molar-refractivity contribution in [3.05, 3.63) is 113 Å². The van der Waals surface area contributed by atoms with E-state index in [2.05, 4.69) is 9.97 Å². The van der Waals surface area contributed by atoms with Crippen LogP contribution in [0.25, 0.3) is 68.6 Å². The number of hydrogen-bond acceptors (Lipinski definition) is 6. The van der Waals surface area contributed by atoms with Crippen molar-refractivity contribution in [2.45, 2.75) is 17.2 Å². The number of primary sulfonamides is 1. The van der Waals surface area contributed by atoms with E-state index >= 15 is 0 Å². The van der Waals surface area contributed by atoms with Crippen LogP contribution in [0.2, 0.25) is 0 Å². The van der Waals surface area contributed by atoms with Gasteiger partial charge in [-0.05, 0) is 84.8 Å². The Morgan fingerprint density at radius 1 is 0.688 bits per heavy atom. The van der Waals surface area contributed by atoms with Crippen LogP contribution < -0.4 is 5.14 Å². The van der Waals surface area contributed by atoms with Gasteiger partial charge in [0, 0.05) is 38.8 Å². The number of carboxylic acid groups (broad SMARTS) is 2. The molecule has 6 N–H and O–H groups in total. The van der Waals surface area contributed by atoms with Crippen LogP contribution in [0.15, 0.2) is 89.8 Å². The van der Waals surface area contributed by atoms with Crippen molar-refractivity contribution in [2.24, 2.45) is 5.14 Å². The molecule has 0 saturated carbocycles. The van der Waals surface area contributed by atoms with E-state index in [1.807, 2.05) is 42.5 Å². The minimum Gasteiger partial charge on any atom is -0.480 e. The van der Waals surface area contributed by atoms with Gasteiger partial charge in [0.2, 0.25) is 10.0 Å². The molecule has 5 aromatic rings. The molecule has 0 saturated heterocycles. The average Bonchev–Trinajstić information content (AvgIpc) is 3.87. The number of H-pyrrole nitrogens is 2. The molecule has 0 amide bonds. The second kappa shape index (κ2) is 11.3. The van der Waals surface area contributed by atoms with Crippen LogP contribution in [-0.2, 0) is 25.0 Å². The first-order valence-corrected chi connectivity index (χ1v) is 16.3. The van der Waals surface area contributed by atoms with Crippen molar-refractivity contribution in [1.29, 1.82) is 0 Å². The lowest BCUT2D eigenvalue weighted by Crippen LogP contribution is -2.41. The summed E-state index contributed by atoms with van der Waals surface area (Å²) in [5.74, 6) is -3.35. The normalized spacial score (nSPS) is 12.7. The summed E-state index contributed by atoms with van der Waals surface area (Å²) in [6, 6.07) is 24.2. The summed E-state index contributed by atoms with van der Waals surface area (Å²) in [6.07, 6.45) is 7.01. The van der Waals surface area contributed by atoms with Crippen molar-refractivity contribution >= 4 is 68.3 Å². The Balaban J connectivity index is 1.65. The van der Waals surface area contributed by atoms with E-state index in [9.17, 15) is 28.2 Å². The summed E-state index contributed by atoms with van der Waals surface area (Å²) in [5.41, 5.74) is 2.91. The van der Waals surface area contributed by atoms with Crippen LogP contribution in [0.5, 0.6) is 0 Å². The highest BCUT2D eigenvalue weighted by Crippen LogP contribution is 2.44. The number of carboxylic acids is 2. The van der Waals surface area contributed by atoms with Crippen LogP contribution in [0.3, 0.4) is 0 Å². The predicted octanol–water partition coefficient (Wildman–Crippen LogP) is 6.06. The lowest BCUT2D eigenvalue weighted by molar-refractivity contribution is -0.156. The number of carbonyl (C=O) groups is 2. The second-order valence-electron chi connectivity index (χ2n) is 11.6. The summed E-state index contributed by atoms with van der Waals surface area (Å²) >= 11 is 0. The number of nitrogens with two attached hydrogens (primary N) is 1. The lowest BCUT2D eigenvalue weighted by atomic mass is 9.77. The maximum absolute atomic E-state index is 13.7. The van der Waals surface area contributed by atoms with Crippen molar-refractivity contribution in [3.63, 3.8) is 0 Å². The maximum atomic E-state index is 13.7. The van der Waals surface area contributed by atoms with E-state index in [4.69, 9.17) is 15.1 Å². The molecule has 48 heavy (non-hydrogen) atoms. The number of aromatic nitrogens is 4. The van der Waals surface area contributed by atoms with Gasteiger partial charge in [0.15, 0.2) is 5.41 Å². The number of aromatic amines is 2. The molecule has 0 unspecified atom stereocenters. The minimum absolute atomic E-state index is 0.0765. The third-order valence-electron chi connectivity index (χ3n) is 8.38. The molecule has 2 aromatic carbocycles. The zero-order valence-electron chi connectivity index (χ0n) is 25.3. The number of benzene rings is 2. The maximum Gasteiger partial charge on any atom is 0.325 e. The van der Waals surface area contributed by atoms with E-state index < -0.39 is 32.3 Å². The number of rotatable bonds is 6. The minimum atomic E-state index is -4.67. The summed E-state index contributed by atoms with van der Waals surface area (Å²) in [6.45, 7) is 1.02. The number of fused-ring (bicyclic) bond motifs is 8. The zero-order chi connectivity index (χ0) is 33.8. The van der Waals surface area contributed by atoms with E-state index in [0.717, 1.165) is 29.0 Å². The molecule has 2 aliphatic heterocycles. The van der Waals surface area contributed by atoms with Crippen LogP contribution in [0.4, 0.5) is 0 Å². The highest BCUT2D eigenvalue weighted by atomic mass is 32.2. The van der Waals surface area contributed by atoms with E-state index in [1.54, 1.807) is 54.6 Å². The molecule has 3 aromatic heterocycles. The van der Waals surface area contributed by atoms with E-state index in [1.165, 1.54) is 12.1 Å². The first-order valence-electron chi connectivity index (χ1n) is 14.7. The average molecular weight is 658 g/mol. The predicted molar refractivity (Wildman–Crippen MR) is 184 cm³/mol. The smallest absolute Gasteiger partial charge is 0.325 e. The molecule has 0 radical (unpaired) electrons. The molecule has 0 spiro atoms. The molecular formula is C36H27N5O6S. The SMILES string of the molecule is CC(C(=O)O)(C(=O)O)c1ccc(-c2c3nc(cc4ccc(cc5ccc(cc6nc2C=C6)[nH]5)[nH]4)C=C3)c(S(N)(=O)=O)c1-c1ccccc1. The quantitative estimate of drug-likeness (QED) is 0.133. The Morgan fingerprint density at radius 2 is 1.19 bits per heavy atom. The number of sulfonamides is 1. The Labute approximate surface area is 273 Å². The first-order chi connectivity index (χ1) is 22.9. The lowest BCUT2D eigenvalue weighted by Gasteiger charge is -2.26. The topological polar surface area (TPSA) is 192 Å². The van der Waals surface area contributed by atoms with Gasteiger partial charge in [-0.25, -0.2) is 23.5 Å². The van der Waals surface area contributed by atoms with Gasteiger partial charge < -0.3 is 20.2 Å². The Morgan fingerprint density at radius 3 is 1.67 bits per heavy atom. The fourth-order valence-corrected chi connectivity index (χ4v) is 6.98. The van der Waals surface area contributed by atoms with Crippen molar-refractivity contribution in [1.82, 2.24) is 19.9 Å². The number of nitrogens with zero attached hydrogens (tertiary/aromatic N) is 2. The standard InChI is InChI=1S/C36H27N5O6S/c1-36(34(42)43,35(44)45)28-14-13-27(33(48(37,46)47)31(28)20-5-3-2-4-6-20)32-29-15-11-25(40-29)18-23-9-7-21(38-23)17-22-8-10-24(39-22)19-26-12-16-30(32)41-26/h2-19,38-39H,1H3,(H,42,43)(H,44,45)(H2,37,46,47). The summed E-state index contributed by atoms with van der Waals surface area (Å²) < 4.78 is 27.4. The van der Waals surface area contributed by atoms with Gasteiger partial charge in [0.1, 0.15) is 0 Å². The molecule has 238 valence electrons. The number of hydrogen-bond donors (Lipinski definition) is 5. The Kier molecular flexibility index (Phi) is 7.19. The van der Waals surface area contributed by atoms with Crippen LogP contribution in [0.1, 0.15) is 35.3 Å². The molecular weight excluding hydrogens is 630 g/mol. The van der Waals surface area contributed by atoms with Crippen LogP contribution >= 0.6 is 0 Å². The number of aliphatic carboxylic acids is 2. The molecule has 0 fully saturated rings. The molecule has 11 nitrogen and oxygen atoms in total. The molecule has 12 heteroatoms. The monoisotopic (exact) mass is 657 g/mol. The molecule has 2 aliphatic rings. The fraction of sp³-hybridized carbons (Fsp3) is 0.0556. The molecule has 8 bridgehead atoms. The molecule has 7 rings (SSSR count). The second-order valence-corrected chi connectivity index (χ2v) is 13.1. The van der Waals surface area contributed by atoms with E-state index in [0.29, 0.717) is 28.3 Å². The van der Waals surface area contributed by atoms with E-state index in [-0.39, 0.29) is 22.3 Å². The van der Waals surface area contributed by atoms with Gasteiger partial charge in [0.25, 0.3) is 0 Å². The van der Waals surface area contributed by atoms with Crippen molar-refractivity contribution < 1.29 is 28.2 Å². The van der Waals surface area contributed by atoms with Crippen molar-refractivity contribution in [3.8, 4) is 22.3 Å². The fourth-order valence-electron chi connectivity index (χ4n) is 5.99. The van der Waals surface area contributed by atoms with Gasteiger partial charge in [-0.2, -0.15) is 0 Å². The van der Waals surface area contributed by atoms with Crippen LogP contribution in [-0.4, -0.2) is 50.5 Å². The summed E-state index contributed by atoms with van der Waals surface area (Å²) in [4.78, 5) is 41.0. The third kappa shape index (κ3) is 5.28. The molecule has 0 atom stereocenters. The molecule has 0 aliphatic carbocycles. The molecule has 5 heterocycles. The first kappa shape index (κ1) is 30.5. The van der Waals surface area contributed by atoms with Gasteiger partial charge in [0.05, 0.1) is 27.7 Å². The third-order valence-corrected chi connectivity index (χ3v) is 9.38. The van der Waals surface area contributed by atoms with Crippen LogP contribution in [0, 0.1) is 0 Å². The van der Waals surface area contributed by atoms with Gasteiger partial charge in [-0.15, -0.1) is 0 Å². The summed E-state index contributed by atoms with van der Waals surface area (Å²) in [5, 5.41) is 26.3. The number of nitrogens with one attached hydrogen (secondary N) is 2. The highest BCUT2D eigenvalue weighted by Gasteiger charge is 2.46. The van der Waals surface area contributed by atoms with Gasteiger partial charge >= 0.3 is 11.9 Å². The Bertz CT molecular complexity index is 2410. The van der Waals surface area contributed by atoms with Gasteiger partial charge in [-0.3, -0.25) is 9.59 Å².